The molecule has 2 aromatic heterocycles. The van der Waals surface area contributed by atoms with E-state index in [9.17, 15) is 9.18 Å². The summed E-state index contributed by atoms with van der Waals surface area (Å²) in [6.45, 7) is 2.36. The molecule has 0 saturated carbocycles. The van der Waals surface area contributed by atoms with E-state index >= 15 is 0 Å². The zero-order chi connectivity index (χ0) is 17.4. The minimum absolute atomic E-state index is 0.130. The Bertz CT molecular complexity index is 950. The van der Waals surface area contributed by atoms with Crippen molar-refractivity contribution in [1.29, 1.82) is 0 Å². The highest BCUT2D eigenvalue weighted by atomic mass is 19.1. The number of rotatable bonds is 3. The molecule has 6 heteroatoms. The standard InChI is InChI=1S/C19H19FN4O/c1-12-6-7-17-14(8-12)10-21-18-15(11-23-24(17)18)19(25)22-9-13-4-2-3-5-16(13)20/h2-5,10-12H,6-9H2,1H3,(H,22,25)/t12-/m0/s1. The first-order valence-electron chi connectivity index (χ1n) is 8.49. The highest BCUT2D eigenvalue weighted by molar-refractivity contribution is 5.99. The van der Waals surface area contributed by atoms with Gasteiger partial charge < -0.3 is 5.32 Å². The second-order valence-corrected chi connectivity index (χ2v) is 6.65. The molecule has 0 aliphatic heterocycles. The van der Waals surface area contributed by atoms with E-state index in [1.54, 1.807) is 22.7 Å². The molecule has 1 atom stereocenters. The third-order valence-electron chi connectivity index (χ3n) is 4.80. The Balaban J connectivity index is 1.59. The van der Waals surface area contributed by atoms with Crippen LogP contribution < -0.4 is 5.32 Å². The van der Waals surface area contributed by atoms with E-state index in [0.29, 0.717) is 22.7 Å². The second-order valence-electron chi connectivity index (χ2n) is 6.65. The SMILES string of the molecule is C[C@H]1CCc2c(cnc3c(C(=O)NCc4ccccc4F)cnn23)C1. The summed E-state index contributed by atoms with van der Waals surface area (Å²) in [5.41, 5.74) is 3.76. The lowest BCUT2D eigenvalue weighted by molar-refractivity contribution is 0.0952. The van der Waals surface area contributed by atoms with Crippen LogP contribution in [0.15, 0.2) is 36.7 Å². The van der Waals surface area contributed by atoms with Crippen LogP contribution in [0.1, 0.15) is 40.5 Å². The summed E-state index contributed by atoms with van der Waals surface area (Å²) in [6, 6.07) is 6.40. The van der Waals surface area contributed by atoms with Gasteiger partial charge in [0.05, 0.1) is 6.20 Å². The summed E-state index contributed by atoms with van der Waals surface area (Å²) in [4.78, 5) is 16.9. The highest BCUT2D eigenvalue weighted by Crippen LogP contribution is 2.25. The van der Waals surface area contributed by atoms with Crippen LogP contribution in [-0.4, -0.2) is 20.5 Å². The Morgan fingerprint density at radius 2 is 2.20 bits per heavy atom. The van der Waals surface area contributed by atoms with Crippen LogP contribution in [0, 0.1) is 11.7 Å². The van der Waals surface area contributed by atoms with Gasteiger partial charge in [-0.05, 0) is 36.8 Å². The molecule has 0 fully saturated rings. The number of aryl methyl sites for hydroxylation is 1. The van der Waals surface area contributed by atoms with Crippen molar-refractivity contribution in [3.63, 3.8) is 0 Å². The lowest BCUT2D eigenvalue weighted by atomic mass is 9.89. The number of hydrogen-bond acceptors (Lipinski definition) is 3. The number of hydrogen-bond donors (Lipinski definition) is 1. The lowest BCUT2D eigenvalue weighted by Crippen LogP contribution is -2.23. The third kappa shape index (κ3) is 2.88. The number of nitrogens with zero attached hydrogens (tertiary/aromatic N) is 3. The largest absolute Gasteiger partial charge is 0.348 e. The van der Waals surface area contributed by atoms with Crippen molar-refractivity contribution in [2.75, 3.05) is 0 Å². The summed E-state index contributed by atoms with van der Waals surface area (Å²) in [7, 11) is 0. The van der Waals surface area contributed by atoms with Crippen molar-refractivity contribution in [1.82, 2.24) is 19.9 Å². The zero-order valence-electron chi connectivity index (χ0n) is 14.0. The number of halogens is 1. The molecule has 5 nitrogen and oxygen atoms in total. The van der Waals surface area contributed by atoms with E-state index in [2.05, 4.69) is 22.3 Å². The van der Waals surface area contributed by atoms with E-state index in [4.69, 9.17) is 0 Å². The fraction of sp³-hybridized carbons (Fsp3) is 0.316. The number of benzene rings is 1. The Hall–Kier alpha value is -2.76. The van der Waals surface area contributed by atoms with E-state index in [1.807, 2.05) is 6.20 Å². The maximum Gasteiger partial charge on any atom is 0.257 e. The topological polar surface area (TPSA) is 59.3 Å². The van der Waals surface area contributed by atoms with Crippen LogP contribution in [0.2, 0.25) is 0 Å². The second kappa shape index (κ2) is 6.27. The molecule has 1 aliphatic carbocycles. The molecular formula is C19H19FN4O. The van der Waals surface area contributed by atoms with Crippen molar-refractivity contribution in [3.8, 4) is 0 Å². The molecule has 1 aromatic carbocycles. The average molecular weight is 338 g/mol. The number of carbonyl (C=O) groups is 1. The van der Waals surface area contributed by atoms with Gasteiger partial charge in [-0.25, -0.2) is 13.9 Å². The van der Waals surface area contributed by atoms with Crippen molar-refractivity contribution in [3.05, 3.63) is 64.9 Å². The Kier molecular flexibility index (Phi) is 3.95. The highest BCUT2D eigenvalue weighted by Gasteiger charge is 2.22. The van der Waals surface area contributed by atoms with Gasteiger partial charge in [0.1, 0.15) is 11.4 Å². The normalized spacial score (nSPS) is 16.6. The molecule has 0 saturated heterocycles. The number of aromatic nitrogens is 3. The van der Waals surface area contributed by atoms with Gasteiger partial charge in [0.15, 0.2) is 5.65 Å². The quantitative estimate of drug-likeness (QED) is 0.799. The summed E-state index contributed by atoms with van der Waals surface area (Å²) in [6.07, 6.45) is 6.44. The summed E-state index contributed by atoms with van der Waals surface area (Å²) < 4.78 is 15.5. The van der Waals surface area contributed by atoms with E-state index in [0.717, 1.165) is 25.0 Å². The van der Waals surface area contributed by atoms with Gasteiger partial charge in [0.25, 0.3) is 5.91 Å². The van der Waals surface area contributed by atoms with Crippen LogP contribution in [0.3, 0.4) is 0 Å². The molecule has 0 spiro atoms. The molecule has 25 heavy (non-hydrogen) atoms. The zero-order valence-corrected chi connectivity index (χ0v) is 14.0. The molecule has 1 amide bonds. The minimum Gasteiger partial charge on any atom is -0.348 e. The first-order valence-corrected chi connectivity index (χ1v) is 8.49. The number of carbonyl (C=O) groups excluding carboxylic acids is 1. The van der Waals surface area contributed by atoms with E-state index in [-0.39, 0.29) is 18.3 Å². The van der Waals surface area contributed by atoms with Gasteiger partial charge in [-0.1, -0.05) is 25.1 Å². The fourth-order valence-corrected chi connectivity index (χ4v) is 3.38. The first-order chi connectivity index (χ1) is 12.1. The Morgan fingerprint density at radius 3 is 3.04 bits per heavy atom. The lowest BCUT2D eigenvalue weighted by Gasteiger charge is -2.21. The van der Waals surface area contributed by atoms with Crippen molar-refractivity contribution >= 4 is 11.6 Å². The third-order valence-corrected chi connectivity index (χ3v) is 4.80. The van der Waals surface area contributed by atoms with Gasteiger partial charge in [-0.2, -0.15) is 5.10 Å². The van der Waals surface area contributed by atoms with Gasteiger partial charge in [-0.3, -0.25) is 4.79 Å². The average Bonchev–Trinajstić information content (AvgIpc) is 3.05. The number of amides is 1. The summed E-state index contributed by atoms with van der Waals surface area (Å²) in [5, 5.41) is 7.12. The minimum atomic E-state index is -0.330. The number of fused-ring (bicyclic) bond motifs is 3. The summed E-state index contributed by atoms with van der Waals surface area (Å²) in [5.74, 6) is 0.0182. The maximum atomic E-state index is 13.7. The van der Waals surface area contributed by atoms with Gasteiger partial charge >= 0.3 is 0 Å². The fourth-order valence-electron chi connectivity index (χ4n) is 3.38. The molecule has 2 heterocycles. The summed E-state index contributed by atoms with van der Waals surface area (Å²) >= 11 is 0. The predicted molar refractivity (Wildman–Crippen MR) is 91.7 cm³/mol. The maximum absolute atomic E-state index is 13.7. The van der Waals surface area contributed by atoms with Crippen LogP contribution in [-0.2, 0) is 19.4 Å². The molecule has 0 unspecified atom stereocenters. The van der Waals surface area contributed by atoms with Crippen molar-refractivity contribution in [2.24, 2.45) is 5.92 Å². The Morgan fingerprint density at radius 1 is 1.36 bits per heavy atom. The van der Waals surface area contributed by atoms with Crippen LogP contribution in [0.4, 0.5) is 4.39 Å². The van der Waals surface area contributed by atoms with Crippen LogP contribution in [0.25, 0.3) is 5.65 Å². The molecule has 0 radical (unpaired) electrons. The Labute approximate surface area is 144 Å². The molecule has 4 rings (SSSR count). The molecular weight excluding hydrogens is 319 g/mol. The van der Waals surface area contributed by atoms with Crippen molar-refractivity contribution < 1.29 is 9.18 Å². The van der Waals surface area contributed by atoms with Crippen LogP contribution >= 0.6 is 0 Å². The van der Waals surface area contributed by atoms with Gasteiger partial charge in [0.2, 0.25) is 0 Å². The first kappa shape index (κ1) is 15.7. The van der Waals surface area contributed by atoms with Gasteiger partial charge in [-0.15, -0.1) is 0 Å². The van der Waals surface area contributed by atoms with E-state index < -0.39 is 0 Å². The predicted octanol–water partition coefficient (Wildman–Crippen LogP) is 2.92. The van der Waals surface area contributed by atoms with E-state index in [1.165, 1.54) is 17.8 Å². The smallest absolute Gasteiger partial charge is 0.257 e. The monoisotopic (exact) mass is 338 g/mol. The number of nitrogens with one attached hydrogen (secondary N) is 1. The molecule has 1 aliphatic rings. The molecule has 128 valence electrons. The van der Waals surface area contributed by atoms with Crippen LogP contribution in [0.5, 0.6) is 0 Å². The van der Waals surface area contributed by atoms with Crippen molar-refractivity contribution in [2.45, 2.75) is 32.7 Å². The molecule has 3 aromatic rings. The van der Waals surface area contributed by atoms with Gasteiger partial charge in [0, 0.05) is 24.0 Å². The molecule has 0 bridgehead atoms. The molecule has 1 N–H and O–H groups in total.